The topological polar surface area (TPSA) is 66.5 Å². The first-order valence-corrected chi connectivity index (χ1v) is 9.59. The Bertz CT molecular complexity index is 850. The molecule has 1 N–H and O–H groups in total. The predicted molar refractivity (Wildman–Crippen MR) is 104 cm³/mol. The number of carbonyl (C=O) groups excluding carboxylic acids is 3. The van der Waals surface area contributed by atoms with Crippen LogP contribution in [0.1, 0.15) is 26.3 Å². The Morgan fingerprint density at radius 1 is 1.12 bits per heavy atom. The van der Waals surface area contributed by atoms with Crippen molar-refractivity contribution in [2.45, 2.75) is 6.92 Å². The molecule has 26 heavy (non-hydrogen) atoms. The van der Waals surface area contributed by atoms with Crippen LogP contribution in [0.5, 0.6) is 0 Å². The summed E-state index contributed by atoms with van der Waals surface area (Å²) in [6.07, 6.45) is 0. The molecule has 1 aliphatic rings. The monoisotopic (exact) mass is 388 g/mol. The average Bonchev–Trinajstić information content (AvgIpc) is 2.86. The van der Waals surface area contributed by atoms with Gasteiger partial charge < -0.3 is 5.32 Å². The number of rotatable bonds is 6. The number of amides is 3. The molecule has 0 fully saturated rings. The second-order valence-electron chi connectivity index (χ2n) is 5.89. The Balaban J connectivity index is 1.47. The molecule has 3 amide bonds. The van der Waals surface area contributed by atoms with Gasteiger partial charge in [0.1, 0.15) is 0 Å². The van der Waals surface area contributed by atoms with Gasteiger partial charge in [0.2, 0.25) is 5.91 Å². The summed E-state index contributed by atoms with van der Waals surface area (Å²) in [7, 11) is 0. The minimum absolute atomic E-state index is 0.178. The minimum atomic E-state index is -0.276. The van der Waals surface area contributed by atoms with Crippen LogP contribution >= 0.6 is 23.4 Å². The number of hydrogen-bond acceptors (Lipinski definition) is 4. The molecule has 0 saturated carbocycles. The molecule has 0 aromatic heterocycles. The second kappa shape index (κ2) is 7.93. The number of fused-ring (bicyclic) bond motifs is 1. The molecule has 0 aliphatic carbocycles. The van der Waals surface area contributed by atoms with Crippen molar-refractivity contribution in [3.63, 3.8) is 0 Å². The third kappa shape index (κ3) is 3.92. The van der Waals surface area contributed by atoms with E-state index in [1.807, 2.05) is 13.0 Å². The van der Waals surface area contributed by atoms with Crippen molar-refractivity contribution in [2.75, 3.05) is 23.4 Å². The lowest BCUT2D eigenvalue weighted by Gasteiger charge is -2.13. The van der Waals surface area contributed by atoms with E-state index in [-0.39, 0.29) is 30.0 Å². The van der Waals surface area contributed by atoms with E-state index in [2.05, 4.69) is 5.32 Å². The number of halogens is 1. The summed E-state index contributed by atoms with van der Waals surface area (Å²) in [5, 5.41) is 3.25. The number of aryl methyl sites for hydroxylation is 1. The minimum Gasteiger partial charge on any atom is -0.324 e. The maximum Gasteiger partial charge on any atom is 0.261 e. The van der Waals surface area contributed by atoms with E-state index in [4.69, 9.17) is 11.6 Å². The zero-order chi connectivity index (χ0) is 18.7. The van der Waals surface area contributed by atoms with Crippen LogP contribution in [0.15, 0.2) is 42.5 Å². The van der Waals surface area contributed by atoms with E-state index in [0.29, 0.717) is 27.6 Å². The van der Waals surface area contributed by atoms with E-state index in [1.54, 1.807) is 36.4 Å². The molecular weight excluding hydrogens is 372 g/mol. The van der Waals surface area contributed by atoms with Crippen LogP contribution in [-0.4, -0.2) is 40.7 Å². The highest BCUT2D eigenvalue weighted by atomic mass is 35.5. The van der Waals surface area contributed by atoms with Crippen LogP contribution < -0.4 is 5.32 Å². The molecule has 0 bridgehead atoms. The summed E-state index contributed by atoms with van der Waals surface area (Å²) < 4.78 is 0. The summed E-state index contributed by atoms with van der Waals surface area (Å²) in [5.74, 6) is -0.0271. The Labute approximate surface area is 160 Å². The van der Waals surface area contributed by atoms with Crippen molar-refractivity contribution in [1.29, 1.82) is 0 Å². The highest BCUT2D eigenvalue weighted by Gasteiger charge is 2.34. The molecule has 0 saturated heterocycles. The first-order chi connectivity index (χ1) is 12.5. The van der Waals surface area contributed by atoms with Gasteiger partial charge in [0, 0.05) is 12.3 Å². The number of hydrogen-bond donors (Lipinski definition) is 1. The molecule has 0 spiro atoms. The highest BCUT2D eigenvalue weighted by Crippen LogP contribution is 2.24. The number of benzene rings is 2. The highest BCUT2D eigenvalue weighted by molar-refractivity contribution is 7.99. The van der Waals surface area contributed by atoms with Crippen LogP contribution in [0.2, 0.25) is 5.02 Å². The zero-order valence-electron chi connectivity index (χ0n) is 14.1. The molecule has 3 rings (SSSR count). The normalized spacial score (nSPS) is 13.1. The lowest BCUT2D eigenvalue weighted by molar-refractivity contribution is -0.113. The van der Waals surface area contributed by atoms with Gasteiger partial charge in [0.15, 0.2) is 0 Å². The van der Waals surface area contributed by atoms with Gasteiger partial charge in [0.25, 0.3) is 11.8 Å². The number of nitrogens with zero attached hydrogens (tertiary/aromatic N) is 1. The van der Waals surface area contributed by atoms with Crippen LogP contribution in [0.4, 0.5) is 5.69 Å². The first kappa shape index (κ1) is 18.5. The molecule has 0 atom stereocenters. The SMILES string of the molecule is Cc1ccc(NC(=O)CSCCN2C(=O)c3ccccc3C2=O)c(Cl)c1. The molecule has 5 nitrogen and oxygen atoms in total. The summed E-state index contributed by atoms with van der Waals surface area (Å²) in [5.41, 5.74) is 2.47. The van der Waals surface area contributed by atoms with Gasteiger partial charge in [-0.05, 0) is 36.8 Å². The van der Waals surface area contributed by atoms with Crippen molar-refractivity contribution >= 4 is 46.8 Å². The Morgan fingerprint density at radius 2 is 1.77 bits per heavy atom. The van der Waals surface area contributed by atoms with Gasteiger partial charge in [-0.1, -0.05) is 29.8 Å². The molecule has 0 radical (unpaired) electrons. The molecule has 7 heteroatoms. The Kier molecular flexibility index (Phi) is 5.64. The molecule has 2 aromatic carbocycles. The summed E-state index contributed by atoms with van der Waals surface area (Å²) >= 11 is 7.45. The van der Waals surface area contributed by atoms with Crippen molar-refractivity contribution in [2.24, 2.45) is 0 Å². The van der Waals surface area contributed by atoms with Crippen LogP contribution in [0, 0.1) is 6.92 Å². The largest absolute Gasteiger partial charge is 0.324 e. The van der Waals surface area contributed by atoms with E-state index < -0.39 is 0 Å². The summed E-state index contributed by atoms with van der Waals surface area (Å²) in [6, 6.07) is 12.2. The zero-order valence-corrected chi connectivity index (χ0v) is 15.7. The first-order valence-electron chi connectivity index (χ1n) is 8.06. The van der Waals surface area contributed by atoms with Gasteiger partial charge in [-0.15, -0.1) is 0 Å². The Hall–Kier alpha value is -2.31. The standard InChI is InChI=1S/C19H17ClN2O3S/c1-12-6-7-16(15(20)10-12)21-17(23)11-26-9-8-22-18(24)13-4-2-3-5-14(13)19(22)25/h2-7,10H,8-9,11H2,1H3,(H,21,23). The van der Waals surface area contributed by atoms with Gasteiger partial charge in [0.05, 0.1) is 27.6 Å². The fourth-order valence-electron chi connectivity index (χ4n) is 2.67. The smallest absolute Gasteiger partial charge is 0.261 e. The maximum atomic E-state index is 12.2. The van der Waals surface area contributed by atoms with Crippen LogP contribution in [-0.2, 0) is 4.79 Å². The van der Waals surface area contributed by atoms with Crippen molar-refractivity contribution in [3.8, 4) is 0 Å². The fourth-order valence-corrected chi connectivity index (χ4v) is 3.67. The van der Waals surface area contributed by atoms with Gasteiger partial charge in [-0.25, -0.2) is 0 Å². The quantitative estimate of drug-likeness (QED) is 0.606. The molecule has 134 valence electrons. The lowest BCUT2D eigenvalue weighted by atomic mass is 10.1. The number of carbonyl (C=O) groups is 3. The van der Waals surface area contributed by atoms with Crippen LogP contribution in [0.3, 0.4) is 0 Å². The number of nitrogens with one attached hydrogen (secondary N) is 1. The van der Waals surface area contributed by atoms with Crippen molar-refractivity contribution in [1.82, 2.24) is 4.90 Å². The molecule has 1 heterocycles. The molecule has 0 unspecified atom stereocenters. The van der Waals surface area contributed by atoms with Gasteiger partial charge in [-0.2, -0.15) is 11.8 Å². The van der Waals surface area contributed by atoms with E-state index >= 15 is 0 Å². The fraction of sp³-hybridized carbons (Fsp3) is 0.211. The van der Waals surface area contributed by atoms with Gasteiger partial charge in [-0.3, -0.25) is 19.3 Å². The van der Waals surface area contributed by atoms with Crippen molar-refractivity contribution < 1.29 is 14.4 Å². The third-order valence-corrected chi connectivity index (χ3v) is 5.22. The Morgan fingerprint density at radius 3 is 2.38 bits per heavy atom. The number of anilines is 1. The van der Waals surface area contributed by atoms with Crippen molar-refractivity contribution in [3.05, 3.63) is 64.2 Å². The maximum absolute atomic E-state index is 12.2. The molecule has 1 aliphatic heterocycles. The summed E-state index contributed by atoms with van der Waals surface area (Å²) in [4.78, 5) is 37.7. The third-order valence-electron chi connectivity index (χ3n) is 3.97. The van der Waals surface area contributed by atoms with E-state index in [1.165, 1.54) is 16.7 Å². The number of thioether (sulfide) groups is 1. The van der Waals surface area contributed by atoms with Crippen LogP contribution in [0.25, 0.3) is 0 Å². The predicted octanol–water partition coefficient (Wildman–Crippen LogP) is 3.62. The van der Waals surface area contributed by atoms with Gasteiger partial charge >= 0.3 is 0 Å². The summed E-state index contributed by atoms with van der Waals surface area (Å²) in [6.45, 7) is 2.20. The number of imide groups is 1. The molecule has 2 aromatic rings. The lowest BCUT2D eigenvalue weighted by Crippen LogP contribution is -2.32. The second-order valence-corrected chi connectivity index (χ2v) is 7.40. The molecular formula is C19H17ClN2O3S. The van der Waals surface area contributed by atoms with E-state index in [0.717, 1.165) is 5.56 Å². The van der Waals surface area contributed by atoms with E-state index in [9.17, 15) is 14.4 Å². The average molecular weight is 389 g/mol.